The molecule has 2 aliphatic carbocycles. The lowest BCUT2D eigenvalue weighted by Gasteiger charge is -2.42. The average Bonchev–Trinajstić information content (AvgIpc) is 4.05. The van der Waals surface area contributed by atoms with Crippen molar-refractivity contribution < 1.29 is 77.0 Å². The summed E-state index contributed by atoms with van der Waals surface area (Å²) in [4.78, 5) is 110. The van der Waals surface area contributed by atoms with Crippen LogP contribution in [0, 0.1) is 11.8 Å². The van der Waals surface area contributed by atoms with Crippen LogP contribution in [0.25, 0.3) is 0 Å². The van der Waals surface area contributed by atoms with Gasteiger partial charge in [-0.05, 0) is 101 Å². The number of nitrogens with zero attached hydrogens (tertiary/aromatic N) is 2. The standard InChI is InChI=1S/C46H56N4O16/c1-23(61-3)37(47-43(59)63-5)39(53)49-29(41(55)56)19-27-9-7-15-45(27,49)21-31(51)25-11-13-33-35(17-25)65-34-14-12-26(18-36(34)66-33)32(52)22-46-16-8-10-28(46)20-30(42(57)58)50(46)40(54)38(24(2)62-4)48-44(60)64-6/h11-14,17-18,23-24,27-30,37-38H,7-10,15-16,19-22H2,1-6H3,(H,47,59)(H,48,60)(H,55,56)(H,57,58)/t23-,24-,27+,28+,29+,30?,37+,38+,45+,46+/m1/s1. The highest BCUT2D eigenvalue weighted by Crippen LogP contribution is 2.55. The van der Waals surface area contributed by atoms with Crippen LogP contribution in [0.1, 0.15) is 98.8 Å². The molecule has 3 aliphatic heterocycles. The number of nitrogens with one attached hydrogen (secondary N) is 2. The van der Waals surface area contributed by atoms with Gasteiger partial charge in [0.15, 0.2) is 34.6 Å². The molecule has 20 nitrogen and oxygen atoms in total. The Morgan fingerprint density at radius 1 is 0.636 bits per heavy atom. The molecule has 2 aromatic carbocycles. The molecule has 7 rings (SSSR count). The molecule has 66 heavy (non-hydrogen) atoms. The van der Waals surface area contributed by atoms with Crippen LogP contribution < -0.4 is 20.1 Å². The maximum absolute atomic E-state index is 14.3. The first-order valence-corrected chi connectivity index (χ1v) is 22.0. The topological polar surface area (TPSA) is 263 Å². The van der Waals surface area contributed by atoms with E-state index >= 15 is 0 Å². The maximum Gasteiger partial charge on any atom is 0.407 e. The highest BCUT2D eigenvalue weighted by Gasteiger charge is 2.62. The smallest absolute Gasteiger partial charge is 0.407 e. The van der Waals surface area contributed by atoms with E-state index in [0.717, 1.165) is 14.2 Å². The summed E-state index contributed by atoms with van der Waals surface area (Å²) in [5.41, 5.74) is -1.89. The molecule has 5 aliphatic rings. The van der Waals surface area contributed by atoms with Crippen molar-refractivity contribution in [2.45, 2.75) is 126 Å². The number of alkyl carbamates (subject to hydrolysis) is 2. The van der Waals surface area contributed by atoms with Gasteiger partial charge in [0.05, 0.1) is 37.5 Å². The molecule has 10 atom stereocenters. The van der Waals surface area contributed by atoms with Gasteiger partial charge in [0.1, 0.15) is 24.2 Å². The number of fused-ring (bicyclic) bond motifs is 4. The minimum Gasteiger partial charge on any atom is -0.480 e. The number of aliphatic carboxylic acids is 2. The summed E-state index contributed by atoms with van der Waals surface area (Å²) in [6.07, 6.45) is -0.463. The number of carboxylic acid groups (broad SMARTS) is 2. The average molecular weight is 921 g/mol. The minimum absolute atomic E-state index is 0.131. The SMILES string of the molecule is COC(=O)N[C@H](C(=O)N1C(C(=O)O)C[C@@H]2CCC[C@]21CC(=O)c1ccc2c(c1)Oc1ccc(C(=O)C[C@@]34CCC[C@H]3C[C@@H](C(=O)O)N4C(=O)[C@@H](NC(=O)OC)[C@@H](C)OC)cc1O2)[C@@H](C)OC. The second-order valence-corrected chi connectivity index (χ2v) is 17.8. The van der Waals surface area contributed by atoms with E-state index in [2.05, 4.69) is 10.6 Å². The molecule has 356 valence electrons. The van der Waals surface area contributed by atoms with Crippen LogP contribution in [0.4, 0.5) is 9.59 Å². The van der Waals surface area contributed by atoms with Gasteiger partial charge in [-0.3, -0.25) is 19.2 Å². The van der Waals surface area contributed by atoms with Crippen LogP contribution in [0.5, 0.6) is 23.0 Å². The number of hydrogen-bond acceptors (Lipinski definition) is 14. The van der Waals surface area contributed by atoms with E-state index in [1.165, 1.54) is 60.4 Å². The first-order chi connectivity index (χ1) is 31.4. The van der Waals surface area contributed by atoms with Crippen molar-refractivity contribution in [1.29, 1.82) is 0 Å². The Morgan fingerprint density at radius 2 is 1.02 bits per heavy atom. The van der Waals surface area contributed by atoms with E-state index in [4.69, 9.17) is 28.4 Å². The van der Waals surface area contributed by atoms with Gasteiger partial charge in [-0.2, -0.15) is 0 Å². The van der Waals surface area contributed by atoms with Crippen molar-refractivity contribution in [3.63, 3.8) is 0 Å². The molecule has 0 spiro atoms. The summed E-state index contributed by atoms with van der Waals surface area (Å²) in [5.74, 6) is -4.36. The summed E-state index contributed by atoms with van der Waals surface area (Å²) in [6.45, 7) is 3.12. The lowest BCUT2D eigenvalue weighted by Crippen LogP contribution is -2.62. The number of carbonyl (C=O) groups excluding carboxylic acids is 6. The predicted molar refractivity (Wildman–Crippen MR) is 228 cm³/mol. The van der Waals surface area contributed by atoms with Crippen molar-refractivity contribution >= 4 is 47.5 Å². The molecule has 0 aromatic heterocycles. The highest BCUT2D eigenvalue weighted by atomic mass is 16.6. The summed E-state index contributed by atoms with van der Waals surface area (Å²) in [5, 5.41) is 25.6. The molecule has 2 saturated heterocycles. The zero-order valence-corrected chi connectivity index (χ0v) is 37.7. The van der Waals surface area contributed by atoms with E-state index < -0.39 is 83.4 Å². The van der Waals surface area contributed by atoms with E-state index in [1.807, 2.05) is 0 Å². The van der Waals surface area contributed by atoms with Crippen molar-refractivity contribution in [3.8, 4) is 23.0 Å². The fraction of sp³-hybridized carbons (Fsp3) is 0.565. The number of likely N-dealkylation sites (tertiary alicyclic amines) is 2. The predicted octanol–water partition coefficient (Wildman–Crippen LogP) is 4.70. The number of ketones is 2. The van der Waals surface area contributed by atoms with E-state index in [9.17, 15) is 48.6 Å². The van der Waals surface area contributed by atoms with Gasteiger partial charge >= 0.3 is 24.1 Å². The molecule has 0 radical (unpaired) electrons. The van der Waals surface area contributed by atoms with Crippen LogP contribution in [0.15, 0.2) is 36.4 Å². The number of benzene rings is 2. The molecule has 2 aromatic rings. The largest absolute Gasteiger partial charge is 0.480 e. The van der Waals surface area contributed by atoms with E-state index in [-0.39, 0.29) is 83.2 Å². The van der Waals surface area contributed by atoms with E-state index in [1.54, 1.807) is 13.8 Å². The summed E-state index contributed by atoms with van der Waals surface area (Å²) < 4.78 is 32.7. The third-order valence-corrected chi connectivity index (χ3v) is 14.5. The van der Waals surface area contributed by atoms with Crippen molar-refractivity contribution in [1.82, 2.24) is 20.4 Å². The Labute approximate surface area is 380 Å². The lowest BCUT2D eigenvalue weighted by molar-refractivity contribution is -0.155. The quantitative estimate of drug-likeness (QED) is 0.142. The monoisotopic (exact) mass is 920 g/mol. The molecular formula is C46H56N4O16. The highest BCUT2D eigenvalue weighted by molar-refractivity contribution is 6.00. The Balaban J connectivity index is 1.11. The van der Waals surface area contributed by atoms with Gasteiger partial charge in [-0.15, -0.1) is 0 Å². The molecule has 0 bridgehead atoms. The Bertz CT molecular complexity index is 2150. The number of Topliss-reactive ketones (excluding diaryl/α,β-unsaturated/α-hetero) is 2. The molecule has 1 unspecified atom stereocenters. The first-order valence-electron chi connectivity index (χ1n) is 22.0. The Kier molecular flexibility index (Phi) is 13.7. The van der Waals surface area contributed by atoms with Gasteiger partial charge in [0, 0.05) is 38.2 Å². The van der Waals surface area contributed by atoms with E-state index in [0.29, 0.717) is 38.5 Å². The normalized spacial score (nSPS) is 26.5. The van der Waals surface area contributed by atoms with Crippen LogP contribution in [-0.4, -0.2) is 143 Å². The Hall–Kier alpha value is -6.28. The maximum atomic E-state index is 14.3. The molecular weight excluding hydrogens is 865 g/mol. The molecule has 3 heterocycles. The van der Waals surface area contributed by atoms with Gasteiger partial charge < -0.3 is 59.1 Å². The second kappa shape index (κ2) is 18.9. The third kappa shape index (κ3) is 8.51. The van der Waals surface area contributed by atoms with Crippen LogP contribution in [0.2, 0.25) is 0 Å². The van der Waals surface area contributed by atoms with Crippen LogP contribution >= 0.6 is 0 Å². The first kappa shape index (κ1) is 47.7. The molecule has 4 fully saturated rings. The number of amides is 4. The van der Waals surface area contributed by atoms with Crippen molar-refractivity contribution in [2.75, 3.05) is 28.4 Å². The number of carbonyl (C=O) groups is 8. The molecule has 4 N–H and O–H groups in total. The van der Waals surface area contributed by atoms with Gasteiger partial charge in [-0.1, -0.05) is 12.8 Å². The summed E-state index contributed by atoms with van der Waals surface area (Å²) >= 11 is 0. The van der Waals surface area contributed by atoms with Crippen LogP contribution in [0.3, 0.4) is 0 Å². The number of hydrogen-bond donors (Lipinski definition) is 4. The van der Waals surface area contributed by atoms with Crippen molar-refractivity contribution in [3.05, 3.63) is 47.5 Å². The fourth-order valence-electron chi connectivity index (χ4n) is 11.1. The molecule has 4 amide bonds. The summed E-state index contributed by atoms with van der Waals surface area (Å²) in [6, 6.07) is 4.05. The zero-order valence-electron chi connectivity index (χ0n) is 37.7. The summed E-state index contributed by atoms with van der Waals surface area (Å²) in [7, 11) is 4.98. The second-order valence-electron chi connectivity index (χ2n) is 17.8. The lowest BCUT2D eigenvalue weighted by atomic mass is 9.81. The number of ether oxygens (including phenoxy) is 6. The van der Waals surface area contributed by atoms with Crippen LogP contribution in [-0.2, 0) is 38.1 Å². The van der Waals surface area contributed by atoms with Gasteiger partial charge in [0.2, 0.25) is 11.8 Å². The minimum atomic E-state index is -1.30. The zero-order chi connectivity index (χ0) is 47.8. The molecule has 2 saturated carbocycles. The Morgan fingerprint density at radius 3 is 1.35 bits per heavy atom. The molecule has 20 heteroatoms. The fourth-order valence-corrected chi connectivity index (χ4v) is 11.1. The van der Waals surface area contributed by atoms with Gasteiger partial charge in [0.25, 0.3) is 0 Å². The third-order valence-electron chi connectivity index (χ3n) is 14.5. The number of carboxylic acids is 2. The number of rotatable bonds is 16. The number of methoxy groups -OCH3 is 4. The van der Waals surface area contributed by atoms with Crippen molar-refractivity contribution in [2.24, 2.45) is 11.8 Å². The van der Waals surface area contributed by atoms with Gasteiger partial charge in [-0.25, -0.2) is 19.2 Å².